The lowest BCUT2D eigenvalue weighted by molar-refractivity contribution is 0.0674. The highest BCUT2D eigenvalue weighted by atomic mass is 16.5. The first-order valence-corrected chi connectivity index (χ1v) is 9.24. The molecule has 0 aromatic heterocycles. The minimum absolute atomic E-state index is 0.631. The number of morpholine rings is 1. The van der Waals surface area contributed by atoms with Crippen LogP contribution in [0.3, 0.4) is 0 Å². The molecule has 132 valence electrons. The smallest absolute Gasteiger partial charge is 0.191 e. The molecule has 1 aromatic rings. The summed E-state index contributed by atoms with van der Waals surface area (Å²) in [7, 11) is 0. The van der Waals surface area contributed by atoms with Crippen molar-refractivity contribution in [3.63, 3.8) is 0 Å². The first kappa shape index (κ1) is 17.2. The molecule has 0 radical (unpaired) electrons. The maximum atomic E-state index is 6.08. The van der Waals surface area contributed by atoms with Gasteiger partial charge in [-0.1, -0.05) is 37.1 Å². The molecule has 2 saturated heterocycles. The van der Waals surface area contributed by atoms with Crippen LogP contribution in [0.25, 0.3) is 0 Å². The summed E-state index contributed by atoms with van der Waals surface area (Å²) in [4.78, 5) is 9.20. The number of ether oxygens (including phenoxy) is 1. The number of hydrogen-bond donors (Lipinski definition) is 1. The summed E-state index contributed by atoms with van der Waals surface area (Å²) in [6.45, 7) is 7.34. The Balaban J connectivity index is 1.50. The lowest BCUT2D eigenvalue weighted by Crippen LogP contribution is -2.44. The average Bonchev–Trinajstić information content (AvgIpc) is 2.90. The van der Waals surface area contributed by atoms with Crippen LogP contribution in [0.2, 0.25) is 0 Å². The molecule has 2 aliphatic rings. The molecule has 0 aliphatic carbocycles. The summed E-state index contributed by atoms with van der Waals surface area (Å²) in [6.07, 6.45) is 5.46. The third kappa shape index (κ3) is 5.21. The molecule has 0 saturated carbocycles. The summed E-state index contributed by atoms with van der Waals surface area (Å²) in [5.74, 6) is 0.631. The lowest BCUT2D eigenvalue weighted by Gasteiger charge is -2.27. The van der Waals surface area contributed by atoms with Crippen LogP contribution in [0.4, 0.5) is 0 Å². The number of benzene rings is 1. The van der Waals surface area contributed by atoms with Gasteiger partial charge in [0.1, 0.15) is 0 Å². The Morgan fingerprint density at radius 1 is 0.917 bits per heavy atom. The summed E-state index contributed by atoms with van der Waals surface area (Å²) < 4.78 is 5.34. The van der Waals surface area contributed by atoms with E-state index in [1.165, 1.54) is 49.9 Å². The van der Waals surface area contributed by atoms with E-state index in [0.29, 0.717) is 12.5 Å². The van der Waals surface area contributed by atoms with Crippen molar-refractivity contribution in [1.29, 1.82) is 0 Å². The van der Waals surface area contributed by atoms with Gasteiger partial charge in [0.2, 0.25) is 0 Å². The van der Waals surface area contributed by atoms with Crippen molar-refractivity contribution < 1.29 is 4.74 Å². The normalized spacial score (nSPS) is 20.8. The Morgan fingerprint density at radius 3 is 2.21 bits per heavy atom. The van der Waals surface area contributed by atoms with Crippen molar-refractivity contribution in [3.8, 4) is 0 Å². The molecule has 0 amide bonds. The fraction of sp³-hybridized carbons (Fsp3) is 0.632. The van der Waals surface area contributed by atoms with Crippen LogP contribution in [0.1, 0.15) is 36.8 Å². The van der Waals surface area contributed by atoms with Crippen LogP contribution in [0.15, 0.2) is 29.3 Å². The quantitative estimate of drug-likeness (QED) is 0.679. The Hall–Kier alpha value is -1.59. The molecule has 5 nitrogen and oxygen atoms in total. The van der Waals surface area contributed by atoms with E-state index in [-0.39, 0.29) is 0 Å². The van der Waals surface area contributed by atoms with Gasteiger partial charge in [-0.3, -0.25) is 4.90 Å². The van der Waals surface area contributed by atoms with E-state index in [1.54, 1.807) is 0 Å². The SMILES string of the molecule is NC(=NCc1ccc(CN2CCCCCC2)cc1)N1CCOCC1. The highest BCUT2D eigenvalue weighted by Crippen LogP contribution is 2.14. The number of nitrogens with two attached hydrogens (primary N) is 1. The van der Waals surface area contributed by atoms with Crippen LogP contribution in [0.5, 0.6) is 0 Å². The molecular formula is C19H30N4O. The minimum atomic E-state index is 0.631. The van der Waals surface area contributed by atoms with Gasteiger partial charge in [0, 0.05) is 19.6 Å². The van der Waals surface area contributed by atoms with Gasteiger partial charge in [0.25, 0.3) is 0 Å². The molecule has 24 heavy (non-hydrogen) atoms. The average molecular weight is 330 g/mol. The first-order valence-electron chi connectivity index (χ1n) is 9.24. The molecule has 3 rings (SSSR count). The van der Waals surface area contributed by atoms with Gasteiger partial charge >= 0.3 is 0 Å². The maximum absolute atomic E-state index is 6.08. The molecular weight excluding hydrogens is 300 g/mol. The van der Waals surface area contributed by atoms with Gasteiger partial charge in [-0.25, -0.2) is 4.99 Å². The topological polar surface area (TPSA) is 54.1 Å². The van der Waals surface area contributed by atoms with Crippen LogP contribution in [-0.2, 0) is 17.8 Å². The molecule has 0 atom stereocenters. The van der Waals surface area contributed by atoms with E-state index in [2.05, 4.69) is 39.1 Å². The second kappa shape index (κ2) is 9.04. The highest BCUT2D eigenvalue weighted by molar-refractivity contribution is 5.78. The van der Waals surface area contributed by atoms with Gasteiger partial charge < -0.3 is 15.4 Å². The van der Waals surface area contributed by atoms with Crippen molar-refractivity contribution in [1.82, 2.24) is 9.80 Å². The molecule has 0 bridgehead atoms. The standard InChI is InChI=1S/C19H30N4O/c20-19(23-11-13-24-14-12-23)21-15-17-5-7-18(8-6-17)16-22-9-3-1-2-4-10-22/h5-8H,1-4,9-16H2,(H2,20,21). The number of rotatable bonds is 4. The van der Waals surface area contributed by atoms with E-state index in [9.17, 15) is 0 Å². The van der Waals surface area contributed by atoms with Gasteiger partial charge in [0.15, 0.2) is 5.96 Å². The van der Waals surface area contributed by atoms with Gasteiger partial charge in [0.05, 0.1) is 19.8 Å². The van der Waals surface area contributed by atoms with E-state index in [0.717, 1.165) is 32.8 Å². The lowest BCUT2D eigenvalue weighted by atomic mass is 10.1. The van der Waals surface area contributed by atoms with Crippen molar-refractivity contribution in [2.24, 2.45) is 10.7 Å². The number of nitrogens with zero attached hydrogens (tertiary/aromatic N) is 3. The van der Waals surface area contributed by atoms with Crippen LogP contribution < -0.4 is 5.73 Å². The molecule has 2 N–H and O–H groups in total. The Morgan fingerprint density at radius 2 is 1.54 bits per heavy atom. The maximum Gasteiger partial charge on any atom is 0.191 e. The van der Waals surface area contributed by atoms with Gasteiger partial charge in [-0.2, -0.15) is 0 Å². The molecule has 5 heteroatoms. The molecule has 2 heterocycles. The number of likely N-dealkylation sites (tertiary alicyclic amines) is 1. The van der Waals surface area contributed by atoms with Crippen molar-refractivity contribution in [2.75, 3.05) is 39.4 Å². The third-order valence-corrected chi connectivity index (χ3v) is 4.89. The predicted octanol–water partition coefficient (Wildman–Crippen LogP) is 2.21. The molecule has 1 aromatic carbocycles. The third-order valence-electron chi connectivity index (χ3n) is 4.89. The van der Waals surface area contributed by atoms with Crippen molar-refractivity contribution in [3.05, 3.63) is 35.4 Å². The fourth-order valence-corrected chi connectivity index (χ4v) is 3.37. The van der Waals surface area contributed by atoms with Crippen LogP contribution in [-0.4, -0.2) is 55.2 Å². The summed E-state index contributed by atoms with van der Waals surface area (Å²) in [6, 6.07) is 8.84. The van der Waals surface area contributed by atoms with E-state index in [4.69, 9.17) is 10.5 Å². The van der Waals surface area contributed by atoms with E-state index in [1.807, 2.05) is 0 Å². The van der Waals surface area contributed by atoms with Gasteiger partial charge in [-0.05, 0) is 37.1 Å². The molecule has 2 aliphatic heterocycles. The molecule has 0 unspecified atom stereocenters. The van der Waals surface area contributed by atoms with Crippen molar-refractivity contribution >= 4 is 5.96 Å². The largest absolute Gasteiger partial charge is 0.378 e. The van der Waals surface area contributed by atoms with Crippen LogP contribution >= 0.6 is 0 Å². The Bertz CT molecular complexity index is 515. The number of hydrogen-bond acceptors (Lipinski definition) is 3. The predicted molar refractivity (Wildman–Crippen MR) is 97.9 cm³/mol. The summed E-state index contributed by atoms with van der Waals surface area (Å²) in [5, 5.41) is 0. The molecule has 2 fully saturated rings. The Labute approximate surface area is 145 Å². The zero-order chi connectivity index (χ0) is 16.6. The Kier molecular flexibility index (Phi) is 6.49. The second-order valence-electron chi connectivity index (χ2n) is 6.78. The summed E-state index contributed by atoms with van der Waals surface area (Å²) in [5.41, 5.74) is 8.69. The summed E-state index contributed by atoms with van der Waals surface area (Å²) >= 11 is 0. The number of guanidine groups is 1. The van der Waals surface area contributed by atoms with E-state index < -0.39 is 0 Å². The molecule has 0 spiro atoms. The number of aliphatic imine (C=N–C) groups is 1. The monoisotopic (exact) mass is 330 g/mol. The second-order valence-corrected chi connectivity index (χ2v) is 6.78. The fourth-order valence-electron chi connectivity index (χ4n) is 3.37. The minimum Gasteiger partial charge on any atom is -0.378 e. The van der Waals surface area contributed by atoms with Gasteiger partial charge in [-0.15, -0.1) is 0 Å². The zero-order valence-corrected chi connectivity index (χ0v) is 14.6. The van der Waals surface area contributed by atoms with E-state index >= 15 is 0 Å². The van der Waals surface area contributed by atoms with Crippen molar-refractivity contribution in [2.45, 2.75) is 38.8 Å². The first-order chi connectivity index (χ1) is 11.8. The highest BCUT2D eigenvalue weighted by Gasteiger charge is 2.12. The van der Waals surface area contributed by atoms with Crippen LogP contribution in [0, 0.1) is 0 Å². The zero-order valence-electron chi connectivity index (χ0n) is 14.6.